The van der Waals surface area contributed by atoms with Crippen molar-refractivity contribution in [2.45, 2.75) is 50.1 Å². The number of carbonyl (C=O) groups excluding carboxylic acids is 1. The Labute approximate surface area is 156 Å². The van der Waals surface area contributed by atoms with Gasteiger partial charge < -0.3 is 9.73 Å². The normalized spacial score (nSPS) is 25.8. The summed E-state index contributed by atoms with van der Waals surface area (Å²) in [5, 5.41) is 8.11. The van der Waals surface area contributed by atoms with Gasteiger partial charge in [0.15, 0.2) is 5.58 Å². The third-order valence-electron chi connectivity index (χ3n) is 6.09. The maximum absolute atomic E-state index is 12.5. The number of rotatable bonds is 5. The lowest BCUT2D eigenvalue weighted by atomic mass is 9.84. The Balaban J connectivity index is 1.50. The molecular formula is C18H23N3O5S. The zero-order valence-electron chi connectivity index (χ0n) is 15.1. The van der Waals surface area contributed by atoms with E-state index in [-0.39, 0.29) is 29.0 Å². The van der Waals surface area contributed by atoms with Gasteiger partial charge in [0.2, 0.25) is 15.9 Å². The van der Waals surface area contributed by atoms with Crippen LogP contribution in [0.5, 0.6) is 0 Å². The standard InChI is InChI=1S/C18H23N3O5S/c1-10(14-7-11-2-3-12(14)6-11)20-17(22)9-21-15-5-4-13(27(19,24)25)8-16(15)26-18(21)23/h4-5,8,10-12,14H,2-3,6-7,9H2,1H3,(H,20,22)(H2,19,24,25)/t10-,11-,12-,14+/m0/s1. The van der Waals surface area contributed by atoms with Crippen molar-refractivity contribution in [2.24, 2.45) is 22.9 Å². The SMILES string of the molecule is C[C@H](NC(=O)Cn1c(=O)oc2cc(S(N)(=O)=O)ccc21)[C@H]1C[C@H]2CC[C@H]1C2. The highest BCUT2D eigenvalue weighted by molar-refractivity contribution is 7.89. The summed E-state index contributed by atoms with van der Waals surface area (Å²) in [5.41, 5.74) is 0.440. The summed E-state index contributed by atoms with van der Waals surface area (Å²) in [4.78, 5) is 24.4. The smallest absolute Gasteiger partial charge is 0.408 e. The number of amides is 1. The van der Waals surface area contributed by atoms with Crippen molar-refractivity contribution < 1.29 is 17.6 Å². The van der Waals surface area contributed by atoms with E-state index in [1.165, 1.54) is 42.0 Å². The minimum Gasteiger partial charge on any atom is -0.408 e. The topological polar surface area (TPSA) is 124 Å². The molecule has 2 aromatic rings. The number of aromatic nitrogens is 1. The van der Waals surface area contributed by atoms with E-state index in [4.69, 9.17) is 9.56 Å². The lowest BCUT2D eigenvalue weighted by Crippen LogP contribution is -2.42. The van der Waals surface area contributed by atoms with Gasteiger partial charge in [0.05, 0.1) is 10.4 Å². The molecule has 2 saturated carbocycles. The molecule has 0 radical (unpaired) electrons. The van der Waals surface area contributed by atoms with Crippen molar-refractivity contribution in [3.63, 3.8) is 0 Å². The van der Waals surface area contributed by atoms with Gasteiger partial charge in [-0.3, -0.25) is 9.36 Å². The number of nitrogens with one attached hydrogen (secondary N) is 1. The van der Waals surface area contributed by atoms with Crippen molar-refractivity contribution in [1.82, 2.24) is 9.88 Å². The fraction of sp³-hybridized carbons (Fsp3) is 0.556. The highest BCUT2D eigenvalue weighted by Crippen LogP contribution is 2.49. The Morgan fingerprint density at radius 2 is 2.15 bits per heavy atom. The van der Waals surface area contributed by atoms with Crippen molar-refractivity contribution in [3.8, 4) is 0 Å². The number of carbonyl (C=O) groups is 1. The van der Waals surface area contributed by atoms with Crippen LogP contribution in [0, 0.1) is 17.8 Å². The molecule has 2 bridgehead atoms. The molecule has 2 fully saturated rings. The molecule has 1 aromatic heterocycles. The van der Waals surface area contributed by atoms with Crippen molar-refractivity contribution in [2.75, 3.05) is 0 Å². The summed E-state index contributed by atoms with van der Waals surface area (Å²) in [5.74, 6) is 1.03. The van der Waals surface area contributed by atoms with Crippen LogP contribution >= 0.6 is 0 Å². The average Bonchev–Trinajstić information content (AvgIpc) is 3.28. The summed E-state index contributed by atoms with van der Waals surface area (Å²) < 4.78 is 29.2. The molecule has 0 unspecified atom stereocenters. The van der Waals surface area contributed by atoms with E-state index in [0.717, 1.165) is 12.3 Å². The number of fused-ring (bicyclic) bond motifs is 3. The van der Waals surface area contributed by atoms with Crippen LogP contribution in [0.4, 0.5) is 0 Å². The molecule has 9 heteroatoms. The first-order chi connectivity index (χ1) is 12.7. The maximum Gasteiger partial charge on any atom is 0.420 e. The van der Waals surface area contributed by atoms with Gasteiger partial charge in [0, 0.05) is 12.1 Å². The van der Waals surface area contributed by atoms with Gasteiger partial charge in [-0.2, -0.15) is 0 Å². The highest BCUT2D eigenvalue weighted by Gasteiger charge is 2.42. The number of oxazole rings is 1. The number of sulfonamides is 1. The lowest BCUT2D eigenvalue weighted by molar-refractivity contribution is -0.122. The number of primary sulfonamides is 1. The summed E-state index contributed by atoms with van der Waals surface area (Å²) in [6, 6.07) is 3.97. The summed E-state index contributed by atoms with van der Waals surface area (Å²) in [6.07, 6.45) is 4.98. The van der Waals surface area contributed by atoms with Gasteiger partial charge >= 0.3 is 5.76 Å². The van der Waals surface area contributed by atoms with Crippen molar-refractivity contribution in [1.29, 1.82) is 0 Å². The highest BCUT2D eigenvalue weighted by atomic mass is 32.2. The Hall–Kier alpha value is -2.13. The second kappa shape index (κ2) is 6.49. The molecule has 1 aromatic carbocycles. The van der Waals surface area contributed by atoms with Crippen LogP contribution in [-0.4, -0.2) is 24.9 Å². The van der Waals surface area contributed by atoms with E-state index in [2.05, 4.69) is 5.32 Å². The van der Waals surface area contributed by atoms with Gasteiger partial charge in [-0.15, -0.1) is 0 Å². The van der Waals surface area contributed by atoms with E-state index in [1.807, 2.05) is 6.92 Å². The molecule has 1 amide bonds. The minimum absolute atomic E-state index is 0.0654. The number of nitrogens with zero attached hydrogens (tertiary/aromatic N) is 1. The molecular weight excluding hydrogens is 370 g/mol. The second-order valence-electron chi connectivity index (χ2n) is 7.82. The molecule has 0 aliphatic heterocycles. The van der Waals surface area contributed by atoms with E-state index < -0.39 is 15.8 Å². The predicted octanol–water partition coefficient (Wildman–Crippen LogP) is 1.18. The summed E-state index contributed by atoms with van der Waals surface area (Å²) >= 11 is 0. The molecule has 0 saturated heterocycles. The number of benzene rings is 1. The maximum atomic E-state index is 12.5. The van der Waals surface area contributed by atoms with Crippen molar-refractivity contribution in [3.05, 3.63) is 28.7 Å². The van der Waals surface area contributed by atoms with Gasteiger partial charge in [-0.25, -0.2) is 18.4 Å². The Morgan fingerprint density at radius 1 is 1.37 bits per heavy atom. The first kappa shape index (κ1) is 18.2. The van der Waals surface area contributed by atoms with Crippen LogP contribution in [-0.2, 0) is 21.4 Å². The molecule has 8 nitrogen and oxygen atoms in total. The van der Waals surface area contributed by atoms with Gasteiger partial charge in [-0.1, -0.05) is 6.42 Å². The number of hydrogen-bond acceptors (Lipinski definition) is 5. The summed E-state index contributed by atoms with van der Waals surface area (Å²) in [6.45, 7) is 1.85. The lowest BCUT2D eigenvalue weighted by Gasteiger charge is -2.28. The first-order valence-electron chi connectivity index (χ1n) is 9.18. The van der Waals surface area contributed by atoms with Crippen LogP contribution < -0.4 is 16.2 Å². The van der Waals surface area contributed by atoms with Gasteiger partial charge in [0.25, 0.3) is 0 Å². The van der Waals surface area contributed by atoms with Crippen LogP contribution in [0.25, 0.3) is 11.1 Å². The Bertz CT molecular complexity index is 1050. The molecule has 27 heavy (non-hydrogen) atoms. The Morgan fingerprint density at radius 3 is 2.78 bits per heavy atom. The minimum atomic E-state index is -3.90. The second-order valence-corrected chi connectivity index (χ2v) is 9.38. The molecule has 4 rings (SSSR count). The Kier molecular flexibility index (Phi) is 4.38. The number of hydrogen-bond donors (Lipinski definition) is 2. The van der Waals surface area contributed by atoms with E-state index in [0.29, 0.717) is 17.4 Å². The molecule has 2 aliphatic rings. The molecule has 1 heterocycles. The van der Waals surface area contributed by atoms with Gasteiger partial charge in [-0.05, 0) is 56.1 Å². The largest absolute Gasteiger partial charge is 0.420 e. The monoisotopic (exact) mass is 393 g/mol. The fourth-order valence-corrected chi connectivity index (χ4v) is 5.36. The van der Waals surface area contributed by atoms with Crippen LogP contribution in [0.1, 0.15) is 32.6 Å². The zero-order chi connectivity index (χ0) is 19.3. The molecule has 146 valence electrons. The predicted molar refractivity (Wildman–Crippen MR) is 98.4 cm³/mol. The third kappa shape index (κ3) is 3.41. The van der Waals surface area contributed by atoms with Crippen LogP contribution in [0.15, 0.2) is 32.3 Å². The van der Waals surface area contributed by atoms with Crippen molar-refractivity contribution >= 4 is 27.0 Å². The molecule has 3 N–H and O–H groups in total. The molecule has 2 aliphatic carbocycles. The van der Waals surface area contributed by atoms with Gasteiger partial charge in [0.1, 0.15) is 6.54 Å². The van der Waals surface area contributed by atoms with Crippen LogP contribution in [0.3, 0.4) is 0 Å². The van der Waals surface area contributed by atoms with E-state index in [1.54, 1.807) is 0 Å². The van der Waals surface area contributed by atoms with E-state index >= 15 is 0 Å². The summed E-state index contributed by atoms with van der Waals surface area (Å²) in [7, 11) is -3.90. The average molecular weight is 393 g/mol. The fourth-order valence-electron chi connectivity index (χ4n) is 4.83. The molecule has 0 spiro atoms. The zero-order valence-corrected chi connectivity index (χ0v) is 15.9. The van der Waals surface area contributed by atoms with Crippen LogP contribution in [0.2, 0.25) is 0 Å². The van der Waals surface area contributed by atoms with E-state index in [9.17, 15) is 18.0 Å². The molecule has 4 atom stereocenters. The third-order valence-corrected chi connectivity index (χ3v) is 7.00. The quantitative estimate of drug-likeness (QED) is 0.789. The number of nitrogens with two attached hydrogens (primary N) is 1. The first-order valence-corrected chi connectivity index (χ1v) is 10.7.